The lowest BCUT2D eigenvalue weighted by molar-refractivity contribution is 0.229. The van der Waals surface area contributed by atoms with Crippen LogP contribution in [-0.4, -0.2) is 32.9 Å². The zero-order chi connectivity index (χ0) is 19.1. The number of fused-ring (bicyclic) bond motifs is 1. The van der Waals surface area contributed by atoms with Gasteiger partial charge in [-0.2, -0.15) is 15.1 Å². The average Bonchev–Trinajstić information content (AvgIpc) is 3.08. The quantitative estimate of drug-likeness (QED) is 0.601. The Morgan fingerprint density at radius 3 is 2.59 bits per heavy atom. The maximum absolute atomic E-state index is 14.8. The Balaban J connectivity index is 2.01. The van der Waals surface area contributed by atoms with Gasteiger partial charge in [-0.05, 0) is 25.7 Å². The van der Waals surface area contributed by atoms with Crippen molar-refractivity contribution < 1.29 is 17.9 Å². The second-order valence-corrected chi connectivity index (χ2v) is 6.92. The van der Waals surface area contributed by atoms with E-state index in [4.69, 9.17) is 16.3 Å². The molecule has 0 spiro atoms. The van der Waals surface area contributed by atoms with Gasteiger partial charge in [-0.3, -0.25) is 0 Å². The van der Waals surface area contributed by atoms with Gasteiger partial charge >= 0.3 is 0 Å². The molecule has 142 valence electrons. The van der Waals surface area contributed by atoms with Crippen molar-refractivity contribution in [3.63, 3.8) is 0 Å². The summed E-state index contributed by atoms with van der Waals surface area (Å²) in [7, 11) is 1.32. The van der Waals surface area contributed by atoms with Gasteiger partial charge in [-0.1, -0.05) is 11.6 Å². The zero-order valence-corrected chi connectivity index (χ0v) is 15.2. The van der Waals surface area contributed by atoms with E-state index in [1.807, 2.05) is 0 Å². The lowest BCUT2D eigenvalue weighted by atomic mass is 9.83. The fraction of sp³-hybridized carbons (Fsp3) is 0.389. The van der Waals surface area contributed by atoms with Crippen molar-refractivity contribution in [3.8, 4) is 16.9 Å². The molecule has 1 aromatic carbocycles. The Bertz CT molecular complexity index is 987. The molecule has 1 aliphatic rings. The van der Waals surface area contributed by atoms with Gasteiger partial charge in [0.25, 0.3) is 5.78 Å². The number of nitrogens with zero attached hydrogens (tertiary/aromatic N) is 4. The largest absolute Gasteiger partial charge is 0.497 e. The summed E-state index contributed by atoms with van der Waals surface area (Å²) in [5.41, 5.74) is 0.168. The summed E-state index contributed by atoms with van der Waals surface area (Å²) in [5, 5.41) is 4.03. The number of hydrogen-bond acceptors (Lipinski definition) is 4. The number of hydrogen-bond donors (Lipinski definition) is 0. The molecule has 0 N–H and O–H groups in total. The lowest BCUT2D eigenvalue weighted by Crippen LogP contribution is -2.19. The molecule has 9 heteroatoms. The predicted molar refractivity (Wildman–Crippen MR) is 93.8 cm³/mol. The highest BCUT2D eigenvalue weighted by Gasteiger charge is 2.32. The van der Waals surface area contributed by atoms with Crippen molar-refractivity contribution in [1.29, 1.82) is 0 Å². The number of halogens is 4. The Morgan fingerprint density at radius 2 is 1.93 bits per heavy atom. The Hall–Kier alpha value is -2.35. The molecule has 1 aliphatic carbocycles. The molecule has 0 bridgehead atoms. The Kier molecular flexibility index (Phi) is 4.67. The molecule has 27 heavy (non-hydrogen) atoms. The summed E-state index contributed by atoms with van der Waals surface area (Å²) in [6, 6.07) is 2.14. The Morgan fingerprint density at radius 1 is 1.19 bits per heavy atom. The number of benzene rings is 1. The molecule has 0 amide bonds. The van der Waals surface area contributed by atoms with E-state index in [1.165, 1.54) is 18.0 Å². The van der Waals surface area contributed by atoms with Crippen LogP contribution in [0.2, 0.25) is 5.15 Å². The first-order valence-corrected chi connectivity index (χ1v) is 8.94. The number of ether oxygens (including phenoxy) is 1. The predicted octanol–water partition coefficient (Wildman–Crippen LogP) is 4.73. The van der Waals surface area contributed by atoms with E-state index in [-0.39, 0.29) is 40.1 Å². The van der Waals surface area contributed by atoms with E-state index in [0.717, 1.165) is 12.1 Å². The highest BCUT2D eigenvalue weighted by molar-refractivity contribution is 6.32. The minimum atomic E-state index is -0.993. The van der Waals surface area contributed by atoms with Crippen LogP contribution < -0.4 is 4.74 Å². The lowest BCUT2D eigenvalue weighted by Gasteiger charge is -2.27. The highest BCUT2D eigenvalue weighted by Crippen LogP contribution is 2.43. The van der Waals surface area contributed by atoms with Gasteiger partial charge in [0.1, 0.15) is 35.0 Å². The van der Waals surface area contributed by atoms with Crippen molar-refractivity contribution >= 4 is 17.4 Å². The van der Waals surface area contributed by atoms with Gasteiger partial charge in [0.15, 0.2) is 0 Å². The minimum absolute atomic E-state index is 0.0442. The van der Waals surface area contributed by atoms with Crippen molar-refractivity contribution in [3.05, 3.63) is 40.9 Å². The third-order valence-corrected chi connectivity index (χ3v) is 5.19. The summed E-state index contributed by atoms with van der Waals surface area (Å²) >= 11 is 6.32. The summed E-state index contributed by atoms with van der Waals surface area (Å²) in [6.45, 7) is 0. The van der Waals surface area contributed by atoms with Gasteiger partial charge in [0.2, 0.25) is 0 Å². The van der Waals surface area contributed by atoms with E-state index in [9.17, 15) is 13.2 Å². The SMILES string of the molecule is COc1cc(F)c(-c2c(Cl)nc3ncnn3c2[C@@H]2CCC[C@H](F)C2)c(F)c1. The fourth-order valence-electron chi connectivity index (χ4n) is 3.73. The molecule has 2 atom stereocenters. The molecule has 0 saturated heterocycles. The second-order valence-electron chi connectivity index (χ2n) is 6.56. The van der Waals surface area contributed by atoms with Crippen LogP contribution >= 0.6 is 11.6 Å². The third-order valence-electron chi connectivity index (χ3n) is 4.92. The van der Waals surface area contributed by atoms with Crippen LogP contribution in [0.15, 0.2) is 18.5 Å². The van der Waals surface area contributed by atoms with Crippen molar-refractivity contribution in [2.75, 3.05) is 7.11 Å². The first kappa shape index (κ1) is 18.0. The number of rotatable bonds is 3. The van der Waals surface area contributed by atoms with Gasteiger partial charge in [0.05, 0.1) is 18.4 Å². The fourth-order valence-corrected chi connectivity index (χ4v) is 4.00. The van der Waals surface area contributed by atoms with Gasteiger partial charge in [-0.25, -0.2) is 17.7 Å². The number of aromatic nitrogens is 4. The maximum atomic E-state index is 14.8. The molecule has 4 rings (SSSR count). The maximum Gasteiger partial charge on any atom is 0.253 e. The molecule has 5 nitrogen and oxygen atoms in total. The van der Waals surface area contributed by atoms with E-state index in [2.05, 4.69) is 15.1 Å². The molecular weight excluding hydrogens is 381 g/mol. The first-order valence-electron chi connectivity index (χ1n) is 8.56. The highest BCUT2D eigenvalue weighted by atomic mass is 35.5. The van der Waals surface area contributed by atoms with Gasteiger partial charge in [0, 0.05) is 23.6 Å². The van der Waals surface area contributed by atoms with Crippen LogP contribution in [0.3, 0.4) is 0 Å². The molecular formula is C18H16ClF3N4O. The molecule has 2 heterocycles. The standard InChI is InChI=1S/C18H16ClF3N4O/c1-27-11-6-12(21)14(13(22)7-11)15-16(9-3-2-4-10(20)5-9)26-18(23-8-24-26)25-17(15)19/h6-10H,2-5H2,1H3/t9-,10+/m1/s1. The summed E-state index contributed by atoms with van der Waals surface area (Å²) < 4.78 is 50.0. The molecule has 0 unspecified atom stereocenters. The van der Waals surface area contributed by atoms with Crippen LogP contribution in [0.1, 0.15) is 37.3 Å². The third kappa shape index (κ3) is 3.12. The van der Waals surface area contributed by atoms with Crippen molar-refractivity contribution in [2.24, 2.45) is 0 Å². The minimum Gasteiger partial charge on any atom is -0.497 e. The van der Waals surface area contributed by atoms with Crippen LogP contribution in [0, 0.1) is 11.6 Å². The van der Waals surface area contributed by atoms with Gasteiger partial charge in [-0.15, -0.1) is 0 Å². The van der Waals surface area contributed by atoms with Crippen LogP contribution in [-0.2, 0) is 0 Å². The van der Waals surface area contributed by atoms with Crippen molar-refractivity contribution in [2.45, 2.75) is 37.8 Å². The average molecular weight is 397 g/mol. The zero-order valence-electron chi connectivity index (χ0n) is 14.4. The van der Waals surface area contributed by atoms with E-state index < -0.39 is 17.8 Å². The molecule has 1 fully saturated rings. The first-order chi connectivity index (χ1) is 13.0. The topological polar surface area (TPSA) is 52.3 Å². The monoisotopic (exact) mass is 396 g/mol. The van der Waals surface area contributed by atoms with E-state index in [1.54, 1.807) is 0 Å². The molecule has 0 radical (unpaired) electrons. The molecule has 2 aromatic heterocycles. The normalized spacial score (nSPS) is 20.2. The number of methoxy groups -OCH3 is 1. The summed E-state index contributed by atoms with van der Waals surface area (Å²) in [4.78, 5) is 8.12. The van der Waals surface area contributed by atoms with Crippen LogP contribution in [0.25, 0.3) is 16.9 Å². The van der Waals surface area contributed by atoms with Crippen molar-refractivity contribution in [1.82, 2.24) is 19.6 Å². The van der Waals surface area contributed by atoms with E-state index in [0.29, 0.717) is 25.0 Å². The summed E-state index contributed by atoms with van der Waals surface area (Å²) in [5.74, 6) is -1.75. The van der Waals surface area contributed by atoms with E-state index >= 15 is 0 Å². The molecule has 1 saturated carbocycles. The smallest absolute Gasteiger partial charge is 0.253 e. The molecule has 3 aromatic rings. The number of alkyl halides is 1. The Labute approximate surface area is 158 Å². The van der Waals surface area contributed by atoms with Gasteiger partial charge < -0.3 is 4.74 Å². The van der Waals surface area contributed by atoms with Crippen LogP contribution in [0.5, 0.6) is 5.75 Å². The second kappa shape index (κ2) is 6.99. The van der Waals surface area contributed by atoms with Crippen LogP contribution in [0.4, 0.5) is 13.2 Å². The summed E-state index contributed by atoms with van der Waals surface area (Å²) in [6.07, 6.45) is 2.30. The molecule has 0 aliphatic heterocycles.